The largest absolute Gasteiger partial charge is 0.481 e. The topological polar surface area (TPSA) is 58.4 Å². The number of rotatable bonds is 4. The van der Waals surface area contributed by atoms with Gasteiger partial charge in [0.25, 0.3) is 0 Å². The van der Waals surface area contributed by atoms with Gasteiger partial charge in [0.15, 0.2) is 0 Å². The van der Waals surface area contributed by atoms with Gasteiger partial charge >= 0.3 is 5.97 Å². The van der Waals surface area contributed by atoms with E-state index in [1.807, 2.05) is 18.7 Å². The van der Waals surface area contributed by atoms with Gasteiger partial charge in [-0.3, -0.25) is 14.4 Å². The Bertz CT molecular complexity index is 433. The van der Waals surface area contributed by atoms with Gasteiger partial charge in [-0.25, -0.2) is 0 Å². The first-order valence-corrected chi connectivity index (χ1v) is 5.90. The molecule has 5 nitrogen and oxygen atoms in total. The molecular formula is C12H19N3O2. The van der Waals surface area contributed by atoms with Crippen molar-refractivity contribution >= 4 is 5.97 Å². The molecule has 0 saturated carbocycles. The summed E-state index contributed by atoms with van der Waals surface area (Å²) < 4.78 is 1.90. The van der Waals surface area contributed by atoms with E-state index in [0.717, 1.165) is 25.3 Å². The van der Waals surface area contributed by atoms with Gasteiger partial charge in [-0.2, -0.15) is 5.10 Å². The lowest BCUT2D eigenvalue weighted by Crippen LogP contribution is -2.46. The van der Waals surface area contributed by atoms with Crippen LogP contribution in [0.25, 0.3) is 0 Å². The normalized spacial score (nSPS) is 17.1. The van der Waals surface area contributed by atoms with E-state index in [1.165, 1.54) is 11.3 Å². The molecule has 1 saturated heterocycles. The van der Waals surface area contributed by atoms with Gasteiger partial charge in [0.1, 0.15) is 0 Å². The van der Waals surface area contributed by atoms with Gasteiger partial charge in [0, 0.05) is 37.9 Å². The molecule has 2 rings (SSSR count). The Morgan fingerprint density at radius 3 is 2.59 bits per heavy atom. The first-order valence-electron chi connectivity index (χ1n) is 5.90. The van der Waals surface area contributed by atoms with Gasteiger partial charge in [0.2, 0.25) is 0 Å². The molecule has 0 bridgehead atoms. The Morgan fingerprint density at radius 2 is 2.12 bits per heavy atom. The zero-order chi connectivity index (χ0) is 12.6. The Hall–Kier alpha value is -1.36. The van der Waals surface area contributed by atoms with E-state index >= 15 is 0 Å². The van der Waals surface area contributed by atoms with Crippen molar-refractivity contribution in [2.75, 3.05) is 13.1 Å². The predicted molar refractivity (Wildman–Crippen MR) is 63.7 cm³/mol. The van der Waals surface area contributed by atoms with Crippen LogP contribution in [0.3, 0.4) is 0 Å². The molecular weight excluding hydrogens is 218 g/mol. The molecule has 1 aliphatic heterocycles. The van der Waals surface area contributed by atoms with Crippen LogP contribution in [0.2, 0.25) is 0 Å². The highest BCUT2D eigenvalue weighted by Gasteiger charge is 2.29. The number of carboxylic acid groups (broad SMARTS) is 1. The molecule has 17 heavy (non-hydrogen) atoms. The molecule has 2 heterocycles. The van der Waals surface area contributed by atoms with Crippen LogP contribution >= 0.6 is 0 Å². The van der Waals surface area contributed by atoms with Crippen molar-refractivity contribution in [3.8, 4) is 0 Å². The Balaban J connectivity index is 1.90. The molecule has 0 aromatic carbocycles. The molecule has 1 aromatic rings. The minimum Gasteiger partial charge on any atom is -0.481 e. The van der Waals surface area contributed by atoms with Crippen LogP contribution in [0.15, 0.2) is 0 Å². The van der Waals surface area contributed by atoms with Crippen LogP contribution in [0.4, 0.5) is 0 Å². The van der Waals surface area contributed by atoms with Gasteiger partial charge in [-0.15, -0.1) is 0 Å². The number of aromatic nitrogens is 2. The second kappa shape index (κ2) is 4.49. The van der Waals surface area contributed by atoms with Gasteiger partial charge < -0.3 is 5.11 Å². The van der Waals surface area contributed by atoms with Crippen LogP contribution in [-0.2, 0) is 18.4 Å². The van der Waals surface area contributed by atoms with Crippen molar-refractivity contribution in [3.05, 3.63) is 17.0 Å². The number of likely N-dealkylation sites (tertiary alicyclic amines) is 1. The van der Waals surface area contributed by atoms with Crippen molar-refractivity contribution in [1.82, 2.24) is 14.7 Å². The van der Waals surface area contributed by atoms with E-state index in [9.17, 15) is 4.79 Å². The Kier molecular flexibility index (Phi) is 3.19. The van der Waals surface area contributed by atoms with Crippen molar-refractivity contribution in [2.45, 2.75) is 26.8 Å². The standard InChI is InChI=1S/C12H19N3O2/c1-8-11(9(2)14(3)13-8)7-15-5-10(6-15)4-12(16)17/h10H,4-7H2,1-3H3,(H,16,17). The summed E-state index contributed by atoms with van der Waals surface area (Å²) in [5, 5.41) is 13.1. The summed E-state index contributed by atoms with van der Waals surface area (Å²) >= 11 is 0. The van der Waals surface area contributed by atoms with E-state index in [1.54, 1.807) is 0 Å². The third-order valence-corrected chi connectivity index (χ3v) is 3.54. The minimum atomic E-state index is -0.691. The van der Waals surface area contributed by atoms with E-state index < -0.39 is 5.97 Å². The van der Waals surface area contributed by atoms with Crippen LogP contribution < -0.4 is 0 Å². The fourth-order valence-electron chi connectivity index (χ4n) is 2.45. The molecule has 1 aliphatic rings. The number of carboxylic acids is 1. The lowest BCUT2D eigenvalue weighted by atomic mass is 9.95. The van der Waals surface area contributed by atoms with Crippen LogP contribution in [0, 0.1) is 19.8 Å². The predicted octanol–water partition coefficient (Wildman–Crippen LogP) is 0.943. The molecule has 0 aliphatic carbocycles. The third kappa shape index (κ3) is 2.49. The number of aliphatic carboxylic acids is 1. The molecule has 0 spiro atoms. The third-order valence-electron chi connectivity index (χ3n) is 3.54. The van der Waals surface area contributed by atoms with E-state index in [-0.39, 0.29) is 0 Å². The summed E-state index contributed by atoms with van der Waals surface area (Å²) in [6.07, 6.45) is 0.293. The summed E-state index contributed by atoms with van der Waals surface area (Å²) in [6.45, 7) is 6.77. The fourth-order valence-corrected chi connectivity index (χ4v) is 2.45. The average molecular weight is 237 g/mol. The summed E-state index contributed by atoms with van der Waals surface area (Å²) in [5.41, 5.74) is 3.55. The van der Waals surface area contributed by atoms with Crippen molar-refractivity contribution in [2.24, 2.45) is 13.0 Å². The quantitative estimate of drug-likeness (QED) is 0.847. The Morgan fingerprint density at radius 1 is 1.47 bits per heavy atom. The lowest BCUT2D eigenvalue weighted by Gasteiger charge is -2.38. The van der Waals surface area contributed by atoms with Gasteiger partial charge in [0.05, 0.1) is 12.1 Å². The summed E-state index contributed by atoms with van der Waals surface area (Å²) in [5.74, 6) is -0.367. The molecule has 0 atom stereocenters. The van der Waals surface area contributed by atoms with Crippen LogP contribution in [0.1, 0.15) is 23.4 Å². The maximum atomic E-state index is 10.5. The molecule has 0 amide bonds. The molecule has 94 valence electrons. The maximum Gasteiger partial charge on any atom is 0.303 e. The maximum absolute atomic E-state index is 10.5. The second-order valence-electron chi connectivity index (χ2n) is 4.93. The zero-order valence-electron chi connectivity index (χ0n) is 10.6. The van der Waals surface area contributed by atoms with E-state index in [2.05, 4.69) is 16.9 Å². The second-order valence-corrected chi connectivity index (χ2v) is 4.93. The van der Waals surface area contributed by atoms with Gasteiger partial charge in [-0.1, -0.05) is 0 Å². The lowest BCUT2D eigenvalue weighted by molar-refractivity contribution is -0.139. The average Bonchev–Trinajstić information content (AvgIpc) is 2.40. The van der Waals surface area contributed by atoms with E-state index in [4.69, 9.17) is 5.11 Å². The highest BCUT2D eigenvalue weighted by Crippen LogP contribution is 2.23. The van der Waals surface area contributed by atoms with Crippen molar-refractivity contribution in [3.63, 3.8) is 0 Å². The number of hydrogen-bond donors (Lipinski definition) is 1. The van der Waals surface area contributed by atoms with Crippen LogP contribution in [-0.4, -0.2) is 38.8 Å². The van der Waals surface area contributed by atoms with E-state index in [0.29, 0.717) is 12.3 Å². The molecule has 5 heteroatoms. The summed E-state index contributed by atoms with van der Waals surface area (Å²) in [4.78, 5) is 12.8. The fraction of sp³-hybridized carbons (Fsp3) is 0.667. The van der Waals surface area contributed by atoms with Crippen LogP contribution in [0.5, 0.6) is 0 Å². The summed E-state index contributed by atoms with van der Waals surface area (Å²) in [7, 11) is 1.95. The smallest absolute Gasteiger partial charge is 0.303 e. The molecule has 1 aromatic heterocycles. The highest BCUT2D eigenvalue weighted by molar-refractivity contribution is 5.67. The monoisotopic (exact) mass is 237 g/mol. The number of nitrogens with zero attached hydrogens (tertiary/aromatic N) is 3. The van der Waals surface area contributed by atoms with Crippen molar-refractivity contribution in [1.29, 1.82) is 0 Å². The Labute approximate surface area is 101 Å². The zero-order valence-corrected chi connectivity index (χ0v) is 10.6. The highest BCUT2D eigenvalue weighted by atomic mass is 16.4. The first kappa shape index (κ1) is 12.1. The number of hydrogen-bond acceptors (Lipinski definition) is 3. The SMILES string of the molecule is Cc1nn(C)c(C)c1CN1CC(CC(=O)O)C1. The number of aryl methyl sites for hydroxylation is 2. The van der Waals surface area contributed by atoms with Gasteiger partial charge in [-0.05, 0) is 19.8 Å². The molecule has 1 N–H and O–H groups in total. The molecule has 0 radical (unpaired) electrons. The number of carbonyl (C=O) groups is 1. The van der Waals surface area contributed by atoms with Crippen molar-refractivity contribution < 1.29 is 9.90 Å². The molecule has 0 unspecified atom stereocenters. The first-order chi connectivity index (χ1) is 7.97. The minimum absolute atomic E-state index is 0.293. The summed E-state index contributed by atoms with van der Waals surface area (Å²) in [6, 6.07) is 0. The molecule has 1 fully saturated rings.